The van der Waals surface area contributed by atoms with E-state index >= 15 is 0 Å². The molecular formula is C20H19NOS. The van der Waals surface area contributed by atoms with Crippen LogP contribution in [0.15, 0.2) is 66.9 Å². The summed E-state index contributed by atoms with van der Waals surface area (Å²) in [6, 6.07) is 21.0. The molecule has 116 valence electrons. The van der Waals surface area contributed by atoms with E-state index in [0.29, 0.717) is 0 Å². The lowest BCUT2D eigenvalue weighted by Crippen LogP contribution is -2.02. The van der Waals surface area contributed by atoms with Gasteiger partial charge in [0.05, 0.1) is 7.11 Å². The molecule has 0 fully saturated rings. The minimum absolute atomic E-state index is 0.720. The summed E-state index contributed by atoms with van der Waals surface area (Å²) in [5, 5.41) is 0. The quantitative estimate of drug-likeness (QED) is 0.609. The molecule has 0 N–H and O–H groups in total. The molecule has 2 nitrogen and oxygen atoms in total. The third-order valence-electron chi connectivity index (χ3n) is 3.86. The third kappa shape index (κ3) is 3.51. The molecule has 0 bridgehead atoms. The van der Waals surface area contributed by atoms with Gasteiger partial charge in [-0.3, -0.25) is 0 Å². The second-order valence-electron chi connectivity index (χ2n) is 5.58. The number of hydrogen-bond acceptors (Lipinski definition) is 2. The third-order valence-corrected chi connectivity index (χ3v) is 4.30. The number of methoxy groups -OCH3 is 1. The Morgan fingerprint density at radius 2 is 1.74 bits per heavy atom. The maximum absolute atomic E-state index is 5.44. The molecule has 2 aromatic carbocycles. The maximum atomic E-state index is 5.44. The van der Waals surface area contributed by atoms with Crippen molar-refractivity contribution in [1.29, 1.82) is 0 Å². The number of aryl methyl sites for hydroxylation is 1. The van der Waals surface area contributed by atoms with Crippen LogP contribution < -0.4 is 4.74 Å². The van der Waals surface area contributed by atoms with E-state index in [1.54, 1.807) is 7.11 Å². The van der Waals surface area contributed by atoms with Gasteiger partial charge in [0.2, 0.25) is 0 Å². The summed E-state index contributed by atoms with van der Waals surface area (Å²) < 4.78 is 8.03. The fourth-order valence-electron chi connectivity index (χ4n) is 2.62. The first kappa shape index (κ1) is 15.5. The maximum Gasteiger partial charge on any atom is 0.153 e. The average Bonchev–Trinajstić information content (AvgIpc) is 2.57. The summed E-state index contributed by atoms with van der Waals surface area (Å²) in [6.07, 6.45) is 1.99. The predicted molar refractivity (Wildman–Crippen MR) is 97.5 cm³/mol. The van der Waals surface area contributed by atoms with Crippen molar-refractivity contribution in [3.05, 3.63) is 82.6 Å². The first-order chi connectivity index (χ1) is 11.2. The molecule has 1 aromatic heterocycles. The van der Waals surface area contributed by atoms with Gasteiger partial charge < -0.3 is 9.30 Å². The molecule has 0 aliphatic carbocycles. The summed E-state index contributed by atoms with van der Waals surface area (Å²) in [5.74, 6) is 0.735. The Balaban J connectivity index is 1.85. The standard InChI is InChI=1S/C20H19NOS/c1-15-5-3-6-18(13-15)17-10-8-16(9-11-17)14-21-12-4-7-19(22-2)20(21)23/h3-13H,14H2,1-2H3. The highest BCUT2D eigenvalue weighted by molar-refractivity contribution is 7.71. The Morgan fingerprint density at radius 3 is 2.43 bits per heavy atom. The molecule has 0 aliphatic rings. The van der Waals surface area contributed by atoms with Crippen molar-refractivity contribution in [2.24, 2.45) is 0 Å². The second kappa shape index (κ2) is 6.80. The molecule has 0 amide bonds. The second-order valence-corrected chi connectivity index (χ2v) is 5.96. The van der Waals surface area contributed by atoms with Crippen molar-refractivity contribution < 1.29 is 4.74 Å². The van der Waals surface area contributed by atoms with Crippen LogP contribution in [-0.2, 0) is 6.54 Å². The van der Waals surface area contributed by atoms with E-state index in [0.717, 1.165) is 16.9 Å². The number of nitrogens with zero attached hydrogens (tertiary/aromatic N) is 1. The largest absolute Gasteiger partial charge is 0.494 e. The van der Waals surface area contributed by atoms with E-state index < -0.39 is 0 Å². The van der Waals surface area contributed by atoms with Crippen molar-refractivity contribution in [2.75, 3.05) is 7.11 Å². The average molecular weight is 321 g/mol. The van der Waals surface area contributed by atoms with Gasteiger partial charge >= 0.3 is 0 Å². The van der Waals surface area contributed by atoms with Gasteiger partial charge in [0.25, 0.3) is 0 Å². The number of rotatable bonds is 4. The van der Waals surface area contributed by atoms with Gasteiger partial charge in [-0.1, -0.05) is 66.3 Å². The number of benzene rings is 2. The number of ether oxygens (including phenoxy) is 1. The first-order valence-corrected chi connectivity index (χ1v) is 7.97. The Morgan fingerprint density at radius 1 is 0.957 bits per heavy atom. The molecular weight excluding hydrogens is 302 g/mol. The van der Waals surface area contributed by atoms with Crippen LogP contribution in [0.25, 0.3) is 11.1 Å². The molecule has 0 saturated carbocycles. The lowest BCUT2D eigenvalue weighted by molar-refractivity contribution is 0.407. The topological polar surface area (TPSA) is 14.2 Å². The van der Waals surface area contributed by atoms with Crippen LogP contribution in [0.5, 0.6) is 5.75 Å². The molecule has 3 aromatic rings. The van der Waals surface area contributed by atoms with E-state index in [2.05, 4.69) is 55.5 Å². The summed E-state index contributed by atoms with van der Waals surface area (Å²) in [5.41, 5.74) is 4.96. The van der Waals surface area contributed by atoms with Crippen LogP contribution in [0.4, 0.5) is 0 Å². The SMILES string of the molecule is COc1cccn(Cc2ccc(-c3cccc(C)c3)cc2)c1=S. The van der Waals surface area contributed by atoms with Crippen molar-refractivity contribution in [3.8, 4) is 16.9 Å². The van der Waals surface area contributed by atoms with Crippen LogP contribution in [0.3, 0.4) is 0 Å². The van der Waals surface area contributed by atoms with Gasteiger partial charge in [0, 0.05) is 12.7 Å². The lowest BCUT2D eigenvalue weighted by atomic mass is 10.0. The number of hydrogen-bond donors (Lipinski definition) is 0. The van der Waals surface area contributed by atoms with Crippen LogP contribution in [0.2, 0.25) is 0 Å². The smallest absolute Gasteiger partial charge is 0.153 e. The van der Waals surface area contributed by atoms with Crippen LogP contribution >= 0.6 is 12.2 Å². The summed E-state index contributed by atoms with van der Waals surface area (Å²) in [6.45, 7) is 2.85. The Labute approximate surface area is 142 Å². The molecule has 1 heterocycles. The molecule has 3 heteroatoms. The molecule has 0 radical (unpaired) electrons. The monoisotopic (exact) mass is 321 g/mol. The predicted octanol–water partition coefficient (Wildman–Crippen LogP) is 5.25. The van der Waals surface area contributed by atoms with E-state index in [-0.39, 0.29) is 0 Å². The van der Waals surface area contributed by atoms with Gasteiger partial charge in [-0.2, -0.15) is 0 Å². The molecule has 23 heavy (non-hydrogen) atoms. The van der Waals surface area contributed by atoms with Crippen LogP contribution in [-0.4, -0.2) is 11.7 Å². The van der Waals surface area contributed by atoms with Gasteiger partial charge in [0.15, 0.2) is 5.75 Å². The zero-order valence-corrected chi connectivity index (χ0v) is 14.1. The molecule has 0 saturated heterocycles. The van der Waals surface area contributed by atoms with Crippen LogP contribution in [0.1, 0.15) is 11.1 Å². The zero-order valence-electron chi connectivity index (χ0n) is 13.3. The summed E-state index contributed by atoms with van der Waals surface area (Å²) >= 11 is 5.44. The van der Waals surface area contributed by atoms with E-state index in [1.807, 2.05) is 22.9 Å². The normalized spacial score (nSPS) is 10.5. The highest BCUT2D eigenvalue weighted by Crippen LogP contribution is 2.21. The van der Waals surface area contributed by atoms with E-state index in [9.17, 15) is 0 Å². The molecule has 0 aliphatic heterocycles. The molecule has 0 atom stereocenters. The fraction of sp³-hybridized carbons (Fsp3) is 0.150. The lowest BCUT2D eigenvalue weighted by Gasteiger charge is -2.10. The van der Waals surface area contributed by atoms with Crippen molar-refractivity contribution in [1.82, 2.24) is 4.57 Å². The molecule has 3 rings (SSSR count). The first-order valence-electron chi connectivity index (χ1n) is 7.57. The van der Waals surface area contributed by atoms with Gasteiger partial charge in [-0.15, -0.1) is 0 Å². The number of aromatic nitrogens is 1. The fourth-order valence-corrected chi connectivity index (χ4v) is 2.90. The summed E-state index contributed by atoms with van der Waals surface area (Å²) in [7, 11) is 1.64. The highest BCUT2D eigenvalue weighted by atomic mass is 32.1. The van der Waals surface area contributed by atoms with Crippen molar-refractivity contribution in [3.63, 3.8) is 0 Å². The Kier molecular flexibility index (Phi) is 4.58. The molecule has 0 unspecified atom stereocenters. The Hall–Kier alpha value is -2.39. The minimum Gasteiger partial charge on any atom is -0.494 e. The number of pyridine rings is 1. The molecule has 0 spiro atoms. The highest BCUT2D eigenvalue weighted by Gasteiger charge is 2.02. The van der Waals surface area contributed by atoms with Gasteiger partial charge in [0.1, 0.15) is 4.64 Å². The minimum atomic E-state index is 0.720. The van der Waals surface area contributed by atoms with E-state index in [4.69, 9.17) is 17.0 Å². The van der Waals surface area contributed by atoms with Gasteiger partial charge in [-0.25, -0.2) is 0 Å². The van der Waals surface area contributed by atoms with Crippen molar-refractivity contribution >= 4 is 12.2 Å². The Bertz CT molecular complexity index is 865. The summed E-state index contributed by atoms with van der Waals surface area (Å²) in [4.78, 5) is 0. The van der Waals surface area contributed by atoms with Gasteiger partial charge in [-0.05, 0) is 35.7 Å². The van der Waals surface area contributed by atoms with Crippen molar-refractivity contribution in [2.45, 2.75) is 13.5 Å². The van der Waals surface area contributed by atoms with Crippen LogP contribution in [0, 0.1) is 11.6 Å². The van der Waals surface area contributed by atoms with E-state index in [1.165, 1.54) is 22.3 Å². The zero-order chi connectivity index (χ0) is 16.2.